The highest BCUT2D eigenvalue weighted by Gasteiger charge is 2.32. The zero-order valence-electron chi connectivity index (χ0n) is 13.5. The van der Waals surface area contributed by atoms with Crippen molar-refractivity contribution in [1.29, 1.82) is 0 Å². The third-order valence-corrected chi connectivity index (χ3v) is 4.15. The topological polar surface area (TPSA) is 44.7 Å². The Bertz CT molecular complexity index is 907. The second-order valence-electron chi connectivity index (χ2n) is 5.81. The third kappa shape index (κ3) is 3.02. The molecule has 1 amide bonds. The normalized spacial score (nSPS) is 16.6. The van der Waals surface area contributed by atoms with Crippen molar-refractivity contribution in [3.63, 3.8) is 0 Å². The molecule has 25 heavy (non-hydrogen) atoms. The number of hydrazone groups is 1. The van der Waals surface area contributed by atoms with Crippen molar-refractivity contribution in [3.8, 4) is 0 Å². The Morgan fingerprint density at radius 1 is 0.840 bits per heavy atom. The smallest absolute Gasteiger partial charge is 0.278 e. The van der Waals surface area contributed by atoms with Crippen molar-refractivity contribution in [2.45, 2.75) is 6.17 Å². The molecule has 3 aromatic carbocycles. The number of fused-ring (bicyclic) bond motifs is 1. The van der Waals surface area contributed by atoms with Crippen LogP contribution in [-0.2, 0) is 0 Å². The van der Waals surface area contributed by atoms with Crippen LogP contribution in [0.15, 0.2) is 90.0 Å². The van der Waals surface area contributed by atoms with Gasteiger partial charge in [0, 0.05) is 5.69 Å². The van der Waals surface area contributed by atoms with Crippen LogP contribution in [0.2, 0.25) is 0 Å². The molecule has 4 nitrogen and oxygen atoms in total. The number of carbonyl (C=O) groups is 1. The molecular formula is C21H17N3O. The van der Waals surface area contributed by atoms with E-state index in [0.29, 0.717) is 5.56 Å². The minimum absolute atomic E-state index is 0.115. The summed E-state index contributed by atoms with van der Waals surface area (Å²) in [5.41, 5.74) is 3.38. The van der Waals surface area contributed by atoms with Crippen LogP contribution in [0.5, 0.6) is 0 Å². The lowest BCUT2D eigenvalue weighted by Crippen LogP contribution is -2.39. The monoisotopic (exact) mass is 327 g/mol. The number of anilines is 1. The van der Waals surface area contributed by atoms with Crippen molar-refractivity contribution >= 4 is 17.8 Å². The molecule has 0 radical (unpaired) electrons. The summed E-state index contributed by atoms with van der Waals surface area (Å²) in [6.07, 6.45) is 1.37. The lowest BCUT2D eigenvalue weighted by molar-refractivity contribution is 0.0691. The first kappa shape index (κ1) is 15.1. The zero-order chi connectivity index (χ0) is 17.1. The number of para-hydroxylation sites is 1. The standard InChI is InChI=1S/C21H17N3O/c25-21-18-13-7-8-14-19(18)23-20(17-11-5-2-6-12-17)24(21)22-15-16-9-3-1-4-10-16/h1-15,20,23H/b22-15-/t20-/m0/s1. The van der Waals surface area contributed by atoms with Gasteiger partial charge in [-0.25, -0.2) is 5.01 Å². The quantitative estimate of drug-likeness (QED) is 0.730. The summed E-state index contributed by atoms with van der Waals surface area (Å²) >= 11 is 0. The Balaban J connectivity index is 1.75. The summed E-state index contributed by atoms with van der Waals surface area (Å²) in [6.45, 7) is 0. The van der Waals surface area contributed by atoms with Gasteiger partial charge in [0.15, 0.2) is 6.17 Å². The third-order valence-electron chi connectivity index (χ3n) is 4.15. The Hall–Kier alpha value is -3.40. The van der Waals surface area contributed by atoms with Crippen molar-refractivity contribution in [1.82, 2.24) is 5.01 Å². The van der Waals surface area contributed by atoms with Gasteiger partial charge in [-0.05, 0) is 23.3 Å². The van der Waals surface area contributed by atoms with E-state index in [0.717, 1.165) is 16.8 Å². The number of carbonyl (C=O) groups excluding carboxylic acids is 1. The molecule has 0 saturated heterocycles. The predicted molar refractivity (Wildman–Crippen MR) is 99.5 cm³/mol. The molecule has 0 aromatic heterocycles. The molecule has 1 aliphatic heterocycles. The zero-order valence-corrected chi connectivity index (χ0v) is 13.5. The number of nitrogens with zero attached hydrogens (tertiary/aromatic N) is 2. The maximum atomic E-state index is 13.0. The van der Waals surface area contributed by atoms with Gasteiger partial charge in [-0.15, -0.1) is 0 Å². The van der Waals surface area contributed by atoms with E-state index in [-0.39, 0.29) is 12.1 Å². The number of hydrogen-bond donors (Lipinski definition) is 1. The highest BCUT2D eigenvalue weighted by molar-refractivity contribution is 6.02. The van der Waals surface area contributed by atoms with Crippen molar-refractivity contribution in [2.24, 2.45) is 5.10 Å². The highest BCUT2D eigenvalue weighted by Crippen LogP contribution is 2.33. The molecule has 0 aliphatic carbocycles. The van der Waals surface area contributed by atoms with Gasteiger partial charge in [0.05, 0.1) is 11.8 Å². The molecular weight excluding hydrogens is 310 g/mol. The van der Waals surface area contributed by atoms with Gasteiger partial charge in [-0.1, -0.05) is 72.8 Å². The van der Waals surface area contributed by atoms with E-state index in [2.05, 4.69) is 10.4 Å². The van der Waals surface area contributed by atoms with Crippen LogP contribution in [0.1, 0.15) is 27.7 Å². The van der Waals surface area contributed by atoms with Gasteiger partial charge in [-0.3, -0.25) is 4.79 Å². The summed E-state index contributed by atoms with van der Waals surface area (Å²) in [7, 11) is 0. The van der Waals surface area contributed by atoms with E-state index in [4.69, 9.17) is 0 Å². The molecule has 0 unspecified atom stereocenters. The summed E-state index contributed by atoms with van der Waals surface area (Å²) < 4.78 is 0. The fourth-order valence-corrected chi connectivity index (χ4v) is 2.89. The molecule has 1 heterocycles. The predicted octanol–water partition coefficient (Wildman–Crippen LogP) is 4.29. The van der Waals surface area contributed by atoms with Crippen LogP contribution in [0, 0.1) is 0 Å². The fourth-order valence-electron chi connectivity index (χ4n) is 2.89. The van der Waals surface area contributed by atoms with Crippen LogP contribution in [-0.4, -0.2) is 17.1 Å². The van der Waals surface area contributed by atoms with Crippen LogP contribution in [0.4, 0.5) is 5.69 Å². The van der Waals surface area contributed by atoms with Crippen LogP contribution in [0.25, 0.3) is 0 Å². The Kier molecular flexibility index (Phi) is 4.01. The van der Waals surface area contributed by atoms with E-state index in [1.54, 1.807) is 6.21 Å². The molecule has 0 fully saturated rings. The summed E-state index contributed by atoms with van der Waals surface area (Å²) in [4.78, 5) is 13.0. The van der Waals surface area contributed by atoms with Crippen molar-refractivity contribution in [2.75, 3.05) is 5.32 Å². The second-order valence-corrected chi connectivity index (χ2v) is 5.81. The molecule has 4 heteroatoms. The van der Waals surface area contributed by atoms with Crippen LogP contribution < -0.4 is 5.32 Å². The largest absolute Gasteiger partial charge is 0.359 e. The van der Waals surface area contributed by atoms with Gasteiger partial charge >= 0.3 is 0 Å². The first-order valence-corrected chi connectivity index (χ1v) is 8.16. The minimum Gasteiger partial charge on any atom is -0.359 e. The average molecular weight is 327 g/mol. The summed E-state index contributed by atoms with van der Waals surface area (Å²) in [6, 6.07) is 27.1. The van der Waals surface area contributed by atoms with Crippen molar-refractivity contribution < 1.29 is 4.79 Å². The number of amides is 1. The molecule has 4 rings (SSSR count). The van der Waals surface area contributed by atoms with E-state index >= 15 is 0 Å². The Morgan fingerprint density at radius 3 is 2.24 bits per heavy atom. The molecule has 3 aromatic rings. The summed E-state index contributed by atoms with van der Waals surface area (Å²) in [5.74, 6) is -0.115. The molecule has 1 aliphatic rings. The lowest BCUT2D eigenvalue weighted by atomic mass is 10.1. The van der Waals surface area contributed by atoms with Gasteiger partial charge in [0.1, 0.15) is 0 Å². The second kappa shape index (κ2) is 6.61. The molecule has 1 atom stereocenters. The maximum Gasteiger partial charge on any atom is 0.278 e. The highest BCUT2D eigenvalue weighted by atomic mass is 16.2. The van der Waals surface area contributed by atoms with E-state index in [1.165, 1.54) is 5.01 Å². The fraction of sp³-hybridized carbons (Fsp3) is 0.0476. The number of nitrogens with one attached hydrogen (secondary N) is 1. The van der Waals surface area contributed by atoms with E-state index in [9.17, 15) is 4.79 Å². The van der Waals surface area contributed by atoms with Gasteiger partial charge in [0.2, 0.25) is 0 Å². The number of hydrogen-bond acceptors (Lipinski definition) is 3. The molecule has 0 saturated carbocycles. The summed E-state index contributed by atoms with van der Waals surface area (Å²) in [5, 5.41) is 9.41. The van der Waals surface area contributed by atoms with Crippen LogP contribution >= 0.6 is 0 Å². The lowest BCUT2D eigenvalue weighted by Gasteiger charge is -2.34. The number of rotatable bonds is 3. The Labute approximate surface area is 146 Å². The maximum absolute atomic E-state index is 13.0. The van der Waals surface area contributed by atoms with Gasteiger partial charge in [0.25, 0.3) is 5.91 Å². The molecule has 1 N–H and O–H groups in total. The van der Waals surface area contributed by atoms with E-state index in [1.807, 2.05) is 84.9 Å². The van der Waals surface area contributed by atoms with E-state index < -0.39 is 0 Å². The van der Waals surface area contributed by atoms with Gasteiger partial charge < -0.3 is 5.32 Å². The minimum atomic E-state index is -0.344. The van der Waals surface area contributed by atoms with Crippen LogP contribution in [0.3, 0.4) is 0 Å². The molecule has 0 spiro atoms. The Morgan fingerprint density at radius 2 is 1.48 bits per heavy atom. The first-order chi connectivity index (χ1) is 12.3. The first-order valence-electron chi connectivity index (χ1n) is 8.16. The number of benzene rings is 3. The molecule has 0 bridgehead atoms. The van der Waals surface area contributed by atoms with Crippen molar-refractivity contribution in [3.05, 3.63) is 102 Å². The molecule has 122 valence electrons. The average Bonchev–Trinajstić information content (AvgIpc) is 2.69. The van der Waals surface area contributed by atoms with Gasteiger partial charge in [-0.2, -0.15) is 5.10 Å². The SMILES string of the molecule is O=C1c2ccccc2N[C@H](c2ccccc2)N1/N=C\c1ccccc1.